The van der Waals surface area contributed by atoms with Gasteiger partial charge in [-0.2, -0.15) is 4.98 Å². The lowest BCUT2D eigenvalue weighted by Gasteiger charge is -1.95. The number of rotatable bonds is 5. The minimum atomic E-state index is -0.433. The average molecular weight is 233 g/mol. The van der Waals surface area contributed by atoms with Gasteiger partial charge in [-0.3, -0.25) is 15.1 Å². The van der Waals surface area contributed by atoms with Gasteiger partial charge in [0.15, 0.2) is 0 Å². The first-order chi connectivity index (χ1) is 8.25. The largest absolute Gasteiger partial charge is 0.369 e. The molecule has 0 fully saturated rings. The first-order valence-corrected chi connectivity index (χ1v) is 4.97. The van der Waals surface area contributed by atoms with Crippen molar-refractivity contribution in [1.29, 1.82) is 0 Å². The highest BCUT2D eigenvalue weighted by molar-refractivity contribution is 5.75. The molecule has 0 saturated carbocycles. The van der Waals surface area contributed by atoms with Crippen LogP contribution in [0.3, 0.4) is 0 Å². The quantitative estimate of drug-likeness (QED) is 0.734. The molecule has 2 aromatic rings. The third-order valence-electron chi connectivity index (χ3n) is 1.96. The van der Waals surface area contributed by atoms with Crippen molar-refractivity contribution in [1.82, 2.24) is 20.4 Å². The molecule has 88 valence electrons. The van der Waals surface area contributed by atoms with Gasteiger partial charge in [0, 0.05) is 18.0 Å². The Balaban J connectivity index is 1.99. The van der Waals surface area contributed by atoms with Crippen LogP contribution in [-0.2, 0) is 11.3 Å². The molecular weight excluding hydrogens is 222 g/mol. The average Bonchev–Trinajstić information content (AvgIpc) is 2.78. The summed E-state index contributed by atoms with van der Waals surface area (Å²) < 4.78 is 5.00. The van der Waals surface area contributed by atoms with Crippen molar-refractivity contribution in [2.75, 3.05) is 6.54 Å². The van der Waals surface area contributed by atoms with E-state index in [1.165, 1.54) is 0 Å². The van der Waals surface area contributed by atoms with E-state index in [1.54, 1.807) is 18.5 Å². The Bertz CT molecular complexity index is 496. The maximum atomic E-state index is 10.5. The molecule has 1 amide bonds. The first kappa shape index (κ1) is 11.2. The van der Waals surface area contributed by atoms with Gasteiger partial charge in [0.05, 0.1) is 13.1 Å². The number of nitrogens with one attached hydrogen (secondary N) is 1. The second-order valence-corrected chi connectivity index (χ2v) is 3.32. The molecule has 0 spiro atoms. The van der Waals surface area contributed by atoms with Crippen LogP contribution in [0.15, 0.2) is 29.0 Å². The Morgan fingerprint density at radius 1 is 1.53 bits per heavy atom. The van der Waals surface area contributed by atoms with Crippen molar-refractivity contribution in [3.63, 3.8) is 0 Å². The molecule has 0 bridgehead atoms. The summed E-state index contributed by atoms with van der Waals surface area (Å²) in [6, 6.07) is 3.62. The summed E-state index contributed by atoms with van der Waals surface area (Å²) in [4.78, 5) is 18.6. The number of nitrogens with two attached hydrogens (primary N) is 1. The Labute approximate surface area is 97.0 Å². The molecular formula is C10H11N5O2. The molecule has 7 nitrogen and oxygen atoms in total. The summed E-state index contributed by atoms with van der Waals surface area (Å²) in [7, 11) is 0. The SMILES string of the molecule is NC(=O)CNCc1nc(-c2cccnc2)no1. The smallest absolute Gasteiger partial charge is 0.240 e. The third-order valence-corrected chi connectivity index (χ3v) is 1.96. The fourth-order valence-corrected chi connectivity index (χ4v) is 1.23. The zero-order valence-electron chi connectivity index (χ0n) is 8.96. The molecule has 0 aliphatic rings. The molecule has 2 rings (SSSR count). The van der Waals surface area contributed by atoms with E-state index in [1.807, 2.05) is 6.07 Å². The molecule has 0 aliphatic heterocycles. The normalized spacial score (nSPS) is 10.4. The van der Waals surface area contributed by atoms with Crippen molar-refractivity contribution in [2.24, 2.45) is 5.73 Å². The number of carbonyl (C=O) groups excluding carboxylic acids is 1. The topological polar surface area (TPSA) is 107 Å². The number of carbonyl (C=O) groups is 1. The van der Waals surface area contributed by atoms with Gasteiger partial charge in [0.25, 0.3) is 0 Å². The van der Waals surface area contributed by atoms with Crippen LogP contribution < -0.4 is 11.1 Å². The van der Waals surface area contributed by atoms with E-state index in [4.69, 9.17) is 10.3 Å². The first-order valence-electron chi connectivity index (χ1n) is 4.97. The predicted molar refractivity (Wildman–Crippen MR) is 58.4 cm³/mol. The summed E-state index contributed by atoms with van der Waals surface area (Å²) in [5, 5.41) is 6.58. The van der Waals surface area contributed by atoms with Gasteiger partial charge in [0.1, 0.15) is 0 Å². The van der Waals surface area contributed by atoms with Crippen molar-refractivity contribution in [2.45, 2.75) is 6.54 Å². The van der Waals surface area contributed by atoms with Crippen LogP contribution in [0.25, 0.3) is 11.4 Å². The second kappa shape index (κ2) is 5.17. The minimum absolute atomic E-state index is 0.0740. The fourth-order valence-electron chi connectivity index (χ4n) is 1.23. The maximum Gasteiger partial charge on any atom is 0.240 e. The van der Waals surface area contributed by atoms with Crippen LogP contribution in [0.5, 0.6) is 0 Å². The van der Waals surface area contributed by atoms with E-state index >= 15 is 0 Å². The molecule has 0 unspecified atom stereocenters. The standard InChI is InChI=1S/C10H11N5O2/c11-8(16)5-13-6-9-14-10(15-17-9)7-2-1-3-12-4-7/h1-4,13H,5-6H2,(H2,11,16). The molecule has 2 aromatic heterocycles. The Morgan fingerprint density at radius 2 is 2.41 bits per heavy atom. The Hall–Kier alpha value is -2.28. The zero-order chi connectivity index (χ0) is 12.1. The van der Waals surface area contributed by atoms with Crippen molar-refractivity contribution in [3.05, 3.63) is 30.4 Å². The van der Waals surface area contributed by atoms with E-state index in [0.717, 1.165) is 5.56 Å². The van der Waals surface area contributed by atoms with Gasteiger partial charge < -0.3 is 10.3 Å². The number of amides is 1. The number of nitrogens with zero attached hydrogens (tertiary/aromatic N) is 3. The lowest BCUT2D eigenvalue weighted by Crippen LogP contribution is -2.28. The van der Waals surface area contributed by atoms with Crippen molar-refractivity contribution < 1.29 is 9.32 Å². The summed E-state index contributed by atoms with van der Waals surface area (Å²) in [5.41, 5.74) is 5.75. The van der Waals surface area contributed by atoms with Gasteiger partial charge in [-0.25, -0.2) is 0 Å². The van der Waals surface area contributed by atoms with Gasteiger partial charge in [-0.1, -0.05) is 5.16 Å². The summed E-state index contributed by atoms with van der Waals surface area (Å²) in [6.45, 7) is 0.376. The van der Waals surface area contributed by atoms with E-state index in [-0.39, 0.29) is 6.54 Å². The number of hydrogen-bond donors (Lipinski definition) is 2. The van der Waals surface area contributed by atoms with Gasteiger partial charge in [-0.05, 0) is 12.1 Å². The molecule has 0 aromatic carbocycles. The highest BCUT2D eigenvalue weighted by Gasteiger charge is 2.08. The van der Waals surface area contributed by atoms with Crippen LogP contribution in [0.2, 0.25) is 0 Å². The van der Waals surface area contributed by atoms with E-state index in [0.29, 0.717) is 18.3 Å². The fraction of sp³-hybridized carbons (Fsp3) is 0.200. The summed E-state index contributed by atoms with van der Waals surface area (Å²) in [6.07, 6.45) is 3.31. The van der Waals surface area contributed by atoms with Crippen molar-refractivity contribution in [3.8, 4) is 11.4 Å². The minimum Gasteiger partial charge on any atom is -0.369 e. The number of hydrogen-bond acceptors (Lipinski definition) is 6. The molecule has 0 saturated heterocycles. The predicted octanol–water partition coefficient (Wildman–Crippen LogP) is -0.294. The second-order valence-electron chi connectivity index (χ2n) is 3.32. The van der Waals surface area contributed by atoms with Crippen molar-refractivity contribution >= 4 is 5.91 Å². The highest BCUT2D eigenvalue weighted by atomic mass is 16.5. The maximum absolute atomic E-state index is 10.5. The van der Waals surface area contributed by atoms with Crippen LogP contribution in [0, 0.1) is 0 Å². The Morgan fingerprint density at radius 3 is 3.12 bits per heavy atom. The molecule has 17 heavy (non-hydrogen) atoms. The van der Waals surface area contributed by atoms with Gasteiger partial charge in [-0.15, -0.1) is 0 Å². The van der Waals surface area contributed by atoms with Crippen LogP contribution in [-0.4, -0.2) is 27.6 Å². The lowest BCUT2D eigenvalue weighted by atomic mass is 10.3. The lowest BCUT2D eigenvalue weighted by molar-refractivity contribution is -0.117. The molecule has 2 heterocycles. The van der Waals surface area contributed by atoms with E-state index in [2.05, 4.69) is 20.4 Å². The van der Waals surface area contributed by atoms with E-state index < -0.39 is 5.91 Å². The van der Waals surface area contributed by atoms with E-state index in [9.17, 15) is 4.79 Å². The summed E-state index contributed by atoms with van der Waals surface area (Å²) in [5.74, 6) is 0.427. The molecule has 0 radical (unpaired) electrons. The number of pyridine rings is 1. The van der Waals surface area contributed by atoms with Crippen LogP contribution >= 0.6 is 0 Å². The molecule has 0 aliphatic carbocycles. The monoisotopic (exact) mass is 233 g/mol. The van der Waals surface area contributed by atoms with Gasteiger partial charge >= 0.3 is 0 Å². The summed E-state index contributed by atoms with van der Waals surface area (Å²) >= 11 is 0. The third kappa shape index (κ3) is 3.08. The zero-order valence-corrected chi connectivity index (χ0v) is 8.96. The number of primary amides is 1. The molecule has 3 N–H and O–H groups in total. The number of aromatic nitrogens is 3. The Kier molecular flexibility index (Phi) is 3.41. The highest BCUT2D eigenvalue weighted by Crippen LogP contribution is 2.13. The molecule has 7 heteroatoms. The van der Waals surface area contributed by atoms with Crippen LogP contribution in [0.1, 0.15) is 5.89 Å². The molecule has 0 atom stereocenters. The van der Waals surface area contributed by atoms with Gasteiger partial charge in [0.2, 0.25) is 17.6 Å². The van der Waals surface area contributed by atoms with Crippen LogP contribution in [0.4, 0.5) is 0 Å².